The molecule has 0 radical (unpaired) electrons. The average Bonchev–Trinajstić information content (AvgIpc) is 3.38. The fourth-order valence-electron chi connectivity index (χ4n) is 9.08. The van der Waals surface area contributed by atoms with Crippen LogP contribution in [-0.4, -0.2) is 37.2 Å². The lowest BCUT2D eigenvalue weighted by molar-refractivity contribution is -0.167. The zero-order valence-corrected chi connectivity index (χ0v) is 47.9. The lowest BCUT2D eigenvalue weighted by atomic mass is 10.0. The summed E-state index contributed by atoms with van der Waals surface area (Å²) in [4.78, 5) is 38.2. The van der Waals surface area contributed by atoms with E-state index in [-0.39, 0.29) is 31.1 Å². The Labute approximate surface area is 447 Å². The lowest BCUT2D eigenvalue weighted by Gasteiger charge is -2.18. The summed E-state index contributed by atoms with van der Waals surface area (Å²) in [5.41, 5.74) is 0. The van der Waals surface area contributed by atoms with Crippen molar-refractivity contribution in [3.63, 3.8) is 0 Å². The van der Waals surface area contributed by atoms with E-state index >= 15 is 0 Å². The Morgan fingerprint density at radius 2 is 0.542 bits per heavy atom. The van der Waals surface area contributed by atoms with Crippen molar-refractivity contribution < 1.29 is 28.6 Å². The Morgan fingerprint density at radius 3 is 0.861 bits per heavy atom. The maximum absolute atomic E-state index is 12.9. The van der Waals surface area contributed by atoms with E-state index in [9.17, 15) is 14.4 Å². The van der Waals surface area contributed by atoms with E-state index < -0.39 is 6.10 Å². The second kappa shape index (κ2) is 60.7. The van der Waals surface area contributed by atoms with Gasteiger partial charge in [-0.3, -0.25) is 14.4 Å². The van der Waals surface area contributed by atoms with Crippen molar-refractivity contribution in [2.75, 3.05) is 13.2 Å². The van der Waals surface area contributed by atoms with Crippen molar-refractivity contribution >= 4 is 17.9 Å². The SMILES string of the molecule is CC/C=C\C/C=C\C/C=C\C/C=C\CCCCCCCCCCCCCCC(=O)OCC(COC(=O)CCCCCCC/C=C\CCCCCCC)OC(=O)CCCCCCCCCCCCCCCCC. The number of hydrogen-bond donors (Lipinski definition) is 0. The van der Waals surface area contributed by atoms with Crippen LogP contribution in [-0.2, 0) is 28.6 Å². The van der Waals surface area contributed by atoms with Gasteiger partial charge in [-0.25, -0.2) is 0 Å². The molecule has 0 aliphatic heterocycles. The summed E-state index contributed by atoms with van der Waals surface area (Å²) in [6.45, 7) is 6.55. The fourth-order valence-corrected chi connectivity index (χ4v) is 9.08. The molecular weight excluding hydrogens is 889 g/mol. The van der Waals surface area contributed by atoms with E-state index in [0.29, 0.717) is 19.3 Å². The van der Waals surface area contributed by atoms with Crippen molar-refractivity contribution in [1.82, 2.24) is 0 Å². The highest BCUT2D eigenvalue weighted by Gasteiger charge is 2.19. The molecule has 0 N–H and O–H groups in total. The Bertz CT molecular complexity index is 1290. The van der Waals surface area contributed by atoms with Gasteiger partial charge in [-0.05, 0) is 83.5 Å². The Kier molecular flexibility index (Phi) is 58.2. The maximum Gasteiger partial charge on any atom is 0.306 e. The van der Waals surface area contributed by atoms with Crippen LogP contribution in [0.4, 0.5) is 0 Å². The zero-order chi connectivity index (χ0) is 52.2. The standard InChI is InChI=1S/C66H118O6/c1-4-7-10-13-16-19-22-25-28-29-30-31-32-33-34-35-36-37-39-41-44-47-50-53-56-59-65(68)71-62-63(61-70-64(67)58-55-52-49-46-43-40-27-24-21-18-15-12-9-6-3)72-66(69)60-57-54-51-48-45-42-38-26-23-20-17-14-11-8-5-2/h7,10,16,19,24-25,27-28,30-31,63H,4-6,8-9,11-15,17-18,20-23,26,29,32-62H2,1-3H3/b10-7-,19-16-,27-24-,28-25-,31-30-. The molecular formula is C66H118O6. The largest absolute Gasteiger partial charge is 0.462 e. The predicted molar refractivity (Wildman–Crippen MR) is 312 cm³/mol. The smallest absolute Gasteiger partial charge is 0.306 e. The molecule has 0 saturated carbocycles. The first-order chi connectivity index (χ1) is 35.5. The molecule has 0 rings (SSSR count). The van der Waals surface area contributed by atoms with E-state index in [2.05, 4.69) is 81.5 Å². The minimum atomic E-state index is -0.776. The summed E-state index contributed by atoms with van der Waals surface area (Å²) < 4.78 is 16.9. The number of allylic oxidation sites excluding steroid dienone is 10. The Hall–Kier alpha value is -2.89. The molecule has 418 valence electrons. The molecule has 0 amide bonds. The van der Waals surface area contributed by atoms with Crippen molar-refractivity contribution in [2.24, 2.45) is 0 Å². The first-order valence-corrected chi connectivity index (χ1v) is 31.3. The molecule has 6 nitrogen and oxygen atoms in total. The molecule has 0 saturated heterocycles. The molecule has 72 heavy (non-hydrogen) atoms. The zero-order valence-electron chi connectivity index (χ0n) is 47.9. The van der Waals surface area contributed by atoms with Crippen LogP contribution < -0.4 is 0 Å². The Balaban J connectivity index is 4.27. The number of carbonyl (C=O) groups excluding carboxylic acids is 3. The maximum atomic E-state index is 12.9. The van der Waals surface area contributed by atoms with Gasteiger partial charge in [-0.1, -0.05) is 281 Å². The Morgan fingerprint density at radius 1 is 0.292 bits per heavy atom. The molecule has 1 unspecified atom stereocenters. The minimum Gasteiger partial charge on any atom is -0.462 e. The summed E-state index contributed by atoms with van der Waals surface area (Å²) >= 11 is 0. The van der Waals surface area contributed by atoms with Crippen LogP contribution in [0.1, 0.15) is 323 Å². The van der Waals surface area contributed by atoms with Crippen LogP contribution in [0.5, 0.6) is 0 Å². The fraction of sp³-hybridized carbons (Fsp3) is 0.803. The number of esters is 3. The number of ether oxygens (including phenoxy) is 3. The molecule has 0 aromatic carbocycles. The van der Waals surface area contributed by atoms with Crippen LogP contribution >= 0.6 is 0 Å². The highest BCUT2D eigenvalue weighted by atomic mass is 16.6. The third-order valence-electron chi connectivity index (χ3n) is 13.8. The van der Waals surface area contributed by atoms with Gasteiger partial charge in [0.2, 0.25) is 0 Å². The number of carbonyl (C=O) groups is 3. The molecule has 6 heteroatoms. The third kappa shape index (κ3) is 58.0. The van der Waals surface area contributed by atoms with Crippen molar-refractivity contribution in [2.45, 2.75) is 329 Å². The monoisotopic (exact) mass is 1010 g/mol. The van der Waals surface area contributed by atoms with E-state index in [1.54, 1.807) is 0 Å². The van der Waals surface area contributed by atoms with Gasteiger partial charge in [0.05, 0.1) is 0 Å². The number of rotatable bonds is 57. The number of hydrogen-bond acceptors (Lipinski definition) is 6. The van der Waals surface area contributed by atoms with E-state index in [1.165, 1.54) is 193 Å². The van der Waals surface area contributed by atoms with Gasteiger partial charge in [0.15, 0.2) is 6.10 Å². The summed E-state index contributed by atoms with van der Waals surface area (Å²) in [7, 11) is 0. The van der Waals surface area contributed by atoms with Gasteiger partial charge in [0.25, 0.3) is 0 Å². The topological polar surface area (TPSA) is 78.9 Å². The van der Waals surface area contributed by atoms with Gasteiger partial charge in [0.1, 0.15) is 13.2 Å². The quantitative estimate of drug-likeness (QED) is 0.0261. The van der Waals surface area contributed by atoms with Crippen LogP contribution in [0.2, 0.25) is 0 Å². The van der Waals surface area contributed by atoms with E-state index in [0.717, 1.165) is 89.9 Å². The van der Waals surface area contributed by atoms with Crippen LogP contribution in [0.15, 0.2) is 60.8 Å². The van der Waals surface area contributed by atoms with Crippen molar-refractivity contribution in [3.05, 3.63) is 60.8 Å². The summed E-state index contributed by atoms with van der Waals surface area (Å²) in [5, 5.41) is 0. The molecule has 0 fully saturated rings. The molecule has 1 atom stereocenters. The molecule has 0 heterocycles. The first-order valence-electron chi connectivity index (χ1n) is 31.3. The highest BCUT2D eigenvalue weighted by molar-refractivity contribution is 5.71. The summed E-state index contributed by atoms with van der Waals surface area (Å²) in [5.74, 6) is -0.867. The van der Waals surface area contributed by atoms with Gasteiger partial charge in [-0.2, -0.15) is 0 Å². The summed E-state index contributed by atoms with van der Waals surface area (Å²) in [6.07, 6.45) is 76.5. The second-order valence-electron chi connectivity index (χ2n) is 20.9. The van der Waals surface area contributed by atoms with Crippen molar-refractivity contribution in [3.8, 4) is 0 Å². The third-order valence-corrected chi connectivity index (χ3v) is 13.8. The second-order valence-corrected chi connectivity index (χ2v) is 20.9. The van der Waals surface area contributed by atoms with Gasteiger partial charge in [-0.15, -0.1) is 0 Å². The molecule has 0 spiro atoms. The molecule has 0 bridgehead atoms. The first kappa shape index (κ1) is 69.1. The molecule has 0 aliphatic rings. The van der Waals surface area contributed by atoms with Crippen LogP contribution in [0.3, 0.4) is 0 Å². The average molecular weight is 1010 g/mol. The van der Waals surface area contributed by atoms with Gasteiger partial charge in [0, 0.05) is 19.3 Å². The van der Waals surface area contributed by atoms with Gasteiger partial charge < -0.3 is 14.2 Å². The lowest BCUT2D eigenvalue weighted by Crippen LogP contribution is -2.30. The highest BCUT2D eigenvalue weighted by Crippen LogP contribution is 2.17. The molecule has 0 aromatic heterocycles. The minimum absolute atomic E-state index is 0.0741. The van der Waals surface area contributed by atoms with E-state index in [4.69, 9.17) is 14.2 Å². The molecule has 0 aromatic rings. The molecule has 0 aliphatic carbocycles. The summed E-state index contributed by atoms with van der Waals surface area (Å²) in [6, 6.07) is 0. The normalized spacial score (nSPS) is 12.4. The number of unbranched alkanes of at least 4 members (excludes halogenated alkanes) is 36. The van der Waals surface area contributed by atoms with Crippen molar-refractivity contribution in [1.29, 1.82) is 0 Å². The van der Waals surface area contributed by atoms with Crippen LogP contribution in [0, 0.1) is 0 Å². The van der Waals surface area contributed by atoms with Gasteiger partial charge >= 0.3 is 17.9 Å². The predicted octanol–water partition coefficient (Wildman–Crippen LogP) is 21.2. The van der Waals surface area contributed by atoms with Crippen LogP contribution in [0.25, 0.3) is 0 Å². The van der Waals surface area contributed by atoms with E-state index in [1.807, 2.05) is 0 Å².